The number of ketones is 1. The number of halogens is 3. The molecule has 0 amide bonds. The summed E-state index contributed by atoms with van der Waals surface area (Å²) < 4.78 is 24.8. The minimum Gasteiger partial charge on any atom is -0.496 e. The third-order valence-corrected chi connectivity index (χ3v) is 6.05. The van der Waals surface area contributed by atoms with Crippen molar-refractivity contribution in [3.63, 3.8) is 0 Å². The Bertz CT molecular complexity index is 1200. The van der Waals surface area contributed by atoms with Gasteiger partial charge < -0.3 is 23.7 Å². The molecular formula is C19H13Cl3O9. The maximum absolute atomic E-state index is 12.6. The molecule has 0 saturated carbocycles. The largest absolute Gasteiger partial charge is 0.496 e. The molecule has 9 nitrogen and oxygen atoms in total. The maximum atomic E-state index is 12.6. The maximum Gasteiger partial charge on any atom is 0.360 e. The normalized spacial score (nSPS) is 26.4. The molecule has 2 aliphatic heterocycles. The fourth-order valence-electron chi connectivity index (χ4n) is 4.31. The first kappa shape index (κ1) is 20.8. The van der Waals surface area contributed by atoms with Gasteiger partial charge in [-0.2, -0.15) is 0 Å². The molecule has 1 aromatic heterocycles. The van der Waals surface area contributed by atoms with E-state index in [9.17, 15) is 19.5 Å². The van der Waals surface area contributed by atoms with Gasteiger partial charge in [0, 0.05) is 12.5 Å². The van der Waals surface area contributed by atoms with Crippen molar-refractivity contribution in [1.29, 1.82) is 0 Å². The van der Waals surface area contributed by atoms with Gasteiger partial charge in [0.25, 0.3) is 3.79 Å². The Morgan fingerprint density at radius 2 is 2.00 bits per heavy atom. The zero-order chi connectivity index (χ0) is 22.2. The smallest absolute Gasteiger partial charge is 0.360 e. The number of Topliss-reactive ketones (excluding diaryl/α,β-unsaturated/α-hetero) is 1. The molecule has 0 radical (unpaired) electrons. The Morgan fingerprint density at radius 3 is 2.68 bits per heavy atom. The summed E-state index contributed by atoms with van der Waals surface area (Å²) in [5.74, 6) is -1.81. The number of alkyl halides is 3. The average molecular weight is 492 g/mol. The molecule has 1 saturated heterocycles. The lowest BCUT2D eigenvalue weighted by Gasteiger charge is -2.20. The number of rotatable bonds is 2. The van der Waals surface area contributed by atoms with Gasteiger partial charge in [0.2, 0.25) is 12.6 Å². The highest BCUT2D eigenvalue weighted by atomic mass is 35.6. The topological polar surface area (TPSA) is 122 Å². The van der Waals surface area contributed by atoms with E-state index in [0.717, 1.165) is 0 Å². The molecule has 164 valence electrons. The van der Waals surface area contributed by atoms with Gasteiger partial charge in [-0.15, -0.1) is 0 Å². The van der Waals surface area contributed by atoms with E-state index in [0.29, 0.717) is 28.7 Å². The first-order chi connectivity index (χ1) is 14.6. The number of fused-ring (bicyclic) bond motifs is 7. The highest BCUT2D eigenvalue weighted by Gasteiger charge is 2.55. The Labute approximate surface area is 188 Å². The molecule has 4 atom stereocenters. The summed E-state index contributed by atoms with van der Waals surface area (Å²) in [5.41, 5.74) is 0.179. The van der Waals surface area contributed by atoms with Crippen LogP contribution in [-0.2, 0) is 20.7 Å². The van der Waals surface area contributed by atoms with E-state index < -0.39 is 40.0 Å². The number of carbonyl (C=O) groups excluding carboxylic acids is 2. The van der Waals surface area contributed by atoms with Crippen LogP contribution in [0.3, 0.4) is 0 Å². The molecule has 0 bridgehead atoms. The summed E-state index contributed by atoms with van der Waals surface area (Å²) in [6, 6.07) is 1.57. The minimum atomic E-state index is -2.36. The molecule has 0 unspecified atom stereocenters. The van der Waals surface area contributed by atoms with Crippen molar-refractivity contribution in [2.75, 3.05) is 7.11 Å². The summed E-state index contributed by atoms with van der Waals surface area (Å²) in [6.45, 7) is 0. The van der Waals surface area contributed by atoms with Gasteiger partial charge in [0.05, 0.1) is 24.0 Å². The number of hydrogen-bond donors (Lipinski definition) is 1. The molecule has 12 heteroatoms. The van der Waals surface area contributed by atoms with Crippen LogP contribution in [0.5, 0.6) is 11.5 Å². The highest BCUT2D eigenvalue weighted by Crippen LogP contribution is 2.52. The monoisotopic (exact) mass is 490 g/mol. The molecule has 3 aliphatic rings. The number of aryl methyl sites for hydroxylation is 1. The molecule has 31 heavy (non-hydrogen) atoms. The fourth-order valence-corrected chi connectivity index (χ4v) is 4.45. The molecule has 2 aromatic rings. The van der Waals surface area contributed by atoms with Crippen molar-refractivity contribution in [3.05, 3.63) is 33.2 Å². The molecule has 1 aromatic carbocycles. The summed E-state index contributed by atoms with van der Waals surface area (Å²) >= 11 is 16.5. The van der Waals surface area contributed by atoms with Crippen molar-refractivity contribution < 1.29 is 38.1 Å². The number of carbonyl (C=O) groups is 2. The number of methoxy groups -OCH3 is 1. The SMILES string of the molecule is COc1cc2c(c3oc(=O)c4c(c13)CCC4=O)[C@H]1[C@@H](O2)O[C@@H](OC(=O)C(Cl)(Cl)Cl)[C@@H]1O. The van der Waals surface area contributed by atoms with E-state index in [2.05, 4.69) is 0 Å². The first-order valence-corrected chi connectivity index (χ1v) is 10.3. The Kier molecular flexibility index (Phi) is 4.69. The van der Waals surface area contributed by atoms with E-state index >= 15 is 0 Å². The standard InChI is InChI=1S/C19H13Cl3O9/c1-27-7-4-8-11(14-10(7)5-2-3-6(23)9(5)15(25)29-14)12-13(24)17(30-16(12)28-8)31-18(26)19(20,21)22/h4,12-13,16-17,24H,2-3H2,1H3/t12-,13-,16+,17+/m1/s1. The van der Waals surface area contributed by atoms with E-state index in [-0.39, 0.29) is 29.1 Å². The van der Waals surface area contributed by atoms with Crippen molar-refractivity contribution in [1.82, 2.24) is 0 Å². The number of aliphatic hydroxyl groups is 1. The van der Waals surface area contributed by atoms with Crippen LogP contribution in [0.15, 0.2) is 15.3 Å². The lowest BCUT2D eigenvalue weighted by atomic mass is 9.92. The van der Waals surface area contributed by atoms with Gasteiger partial charge in [-0.3, -0.25) is 9.53 Å². The number of hydrogen-bond acceptors (Lipinski definition) is 9. The summed E-state index contributed by atoms with van der Waals surface area (Å²) in [7, 11) is 1.43. The Hall–Kier alpha value is -2.04. The van der Waals surface area contributed by atoms with Crippen molar-refractivity contribution in [3.8, 4) is 11.5 Å². The Morgan fingerprint density at radius 1 is 1.26 bits per heavy atom. The molecule has 1 N–H and O–H groups in total. The zero-order valence-corrected chi connectivity index (χ0v) is 17.9. The number of aliphatic hydroxyl groups excluding tert-OH is 1. The van der Waals surface area contributed by atoms with Crippen LogP contribution < -0.4 is 15.1 Å². The van der Waals surface area contributed by atoms with Gasteiger partial charge >= 0.3 is 11.6 Å². The highest BCUT2D eigenvalue weighted by molar-refractivity contribution is 6.75. The summed E-state index contributed by atoms with van der Waals surface area (Å²) in [6.07, 6.45) is -3.43. The van der Waals surface area contributed by atoms with Crippen LogP contribution in [0.2, 0.25) is 0 Å². The third kappa shape index (κ3) is 3.02. The predicted octanol–water partition coefficient (Wildman–Crippen LogP) is 2.36. The van der Waals surface area contributed by atoms with Crippen molar-refractivity contribution in [2.45, 2.75) is 41.2 Å². The van der Waals surface area contributed by atoms with Crippen LogP contribution in [-0.4, -0.2) is 46.4 Å². The second-order valence-electron chi connectivity index (χ2n) is 7.27. The van der Waals surface area contributed by atoms with Crippen LogP contribution in [0.4, 0.5) is 0 Å². The third-order valence-electron chi connectivity index (χ3n) is 5.59. The first-order valence-electron chi connectivity index (χ1n) is 9.13. The lowest BCUT2D eigenvalue weighted by Crippen LogP contribution is -2.34. The fraction of sp³-hybridized carbons (Fsp3) is 0.421. The molecule has 3 heterocycles. The molecule has 5 rings (SSSR count). The van der Waals surface area contributed by atoms with E-state index in [1.165, 1.54) is 7.11 Å². The van der Waals surface area contributed by atoms with Crippen LogP contribution in [0.25, 0.3) is 11.0 Å². The molecule has 1 aliphatic carbocycles. The predicted molar refractivity (Wildman–Crippen MR) is 106 cm³/mol. The molecular weight excluding hydrogens is 479 g/mol. The Balaban J connectivity index is 1.64. The minimum absolute atomic E-state index is 0.00100. The number of benzene rings is 1. The van der Waals surface area contributed by atoms with Gasteiger partial charge in [-0.25, -0.2) is 9.59 Å². The van der Waals surface area contributed by atoms with Gasteiger partial charge in [-0.05, 0) is 12.0 Å². The van der Waals surface area contributed by atoms with Crippen molar-refractivity contribution >= 4 is 57.5 Å². The summed E-state index contributed by atoms with van der Waals surface area (Å²) in [4.78, 5) is 36.6. The number of ether oxygens (including phenoxy) is 4. The van der Waals surface area contributed by atoms with Crippen LogP contribution >= 0.6 is 34.8 Å². The van der Waals surface area contributed by atoms with Crippen LogP contribution in [0.1, 0.15) is 33.8 Å². The molecule has 0 spiro atoms. The van der Waals surface area contributed by atoms with Crippen molar-refractivity contribution in [2.24, 2.45) is 0 Å². The second kappa shape index (κ2) is 6.98. The lowest BCUT2D eigenvalue weighted by molar-refractivity contribution is -0.202. The van der Waals surface area contributed by atoms with E-state index in [4.69, 9.17) is 58.2 Å². The second-order valence-corrected chi connectivity index (χ2v) is 9.55. The van der Waals surface area contributed by atoms with E-state index in [1.807, 2.05) is 0 Å². The quantitative estimate of drug-likeness (QED) is 0.383. The molecule has 1 fully saturated rings. The van der Waals surface area contributed by atoms with Gasteiger partial charge in [0.1, 0.15) is 28.7 Å². The average Bonchev–Trinajstić information content (AvgIpc) is 3.34. The van der Waals surface area contributed by atoms with Crippen LogP contribution in [0, 0.1) is 0 Å². The van der Waals surface area contributed by atoms with E-state index in [1.54, 1.807) is 6.07 Å². The number of esters is 1. The van der Waals surface area contributed by atoms with Gasteiger partial charge in [0.15, 0.2) is 5.78 Å². The summed E-state index contributed by atoms with van der Waals surface area (Å²) in [5, 5.41) is 11.2. The van der Waals surface area contributed by atoms with Gasteiger partial charge in [-0.1, -0.05) is 34.8 Å². The zero-order valence-electron chi connectivity index (χ0n) is 15.6.